The van der Waals surface area contributed by atoms with E-state index in [0.29, 0.717) is 0 Å². The molecule has 1 aliphatic rings. The molecule has 268 valence electrons. The summed E-state index contributed by atoms with van der Waals surface area (Å²) in [7, 11) is 0. The number of para-hydroxylation sites is 5. The third kappa shape index (κ3) is 5.36. The van der Waals surface area contributed by atoms with Crippen LogP contribution in [0.5, 0.6) is 11.5 Å². The highest BCUT2D eigenvalue weighted by Gasteiger charge is 2.28. The Hall–Kier alpha value is -7.62. The van der Waals surface area contributed by atoms with E-state index in [0.717, 1.165) is 67.5 Å². The molecule has 0 fully saturated rings. The van der Waals surface area contributed by atoms with Gasteiger partial charge >= 0.3 is 0 Å². The quantitative estimate of drug-likeness (QED) is 0.152. The smallest absolute Gasteiger partial charge is 0.159 e. The summed E-state index contributed by atoms with van der Waals surface area (Å²) in [4.78, 5) is 4.69. The van der Waals surface area contributed by atoms with E-state index >= 15 is 0 Å². The van der Waals surface area contributed by atoms with Crippen LogP contribution in [0.1, 0.15) is 0 Å². The highest BCUT2D eigenvalue weighted by Crippen LogP contribution is 2.55. The Morgan fingerprint density at radius 1 is 0.298 bits per heavy atom. The molecule has 0 radical (unpaired) electrons. The summed E-state index contributed by atoms with van der Waals surface area (Å²) in [6, 6.07) is 77.8. The molecule has 1 heterocycles. The highest BCUT2D eigenvalue weighted by atomic mass is 16.5. The number of anilines is 6. The van der Waals surface area contributed by atoms with E-state index in [1.165, 1.54) is 32.7 Å². The second-order valence-electron chi connectivity index (χ2n) is 14.4. The van der Waals surface area contributed by atoms with Gasteiger partial charge in [0.25, 0.3) is 0 Å². The maximum Gasteiger partial charge on any atom is 0.159 e. The van der Waals surface area contributed by atoms with Crippen LogP contribution in [0.3, 0.4) is 0 Å². The second kappa shape index (κ2) is 13.6. The van der Waals surface area contributed by atoms with Crippen LogP contribution >= 0.6 is 0 Å². The summed E-state index contributed by atoms with van der Waals surface area (Å²) in [5, 5.41) is 7.06. The van der Waals surface area contributed by atoms with Crippen LogP contribution in [-0.2, 0) is 0 Å². The Morgan fingerprint density at radius 2 is 0.737 bits per heavy atom. The van der Waals surface area contributed by atoms with Gasteiger partial charge in [0.15, 0.2) is 5.75 Å². The zero-order valence-electron chi connectivity index (χ0n) is 31.1. The zero-order valence-corrected chi connectivity index (χ0v) is 31.1. The zero-order chi connectivity index (χ0) is 37.7. The molecular weight excluding hydrogens is 693 g/mol. The van der Waals surface area contributed by atoms with E-state index in [9.17, 15) is 0 Å². The molecule has 10 aromatic carbocycles. The van der Waals surface area contributed by atoms with Crippen molar-refractivity contribution in [2.45, 2.75) is 0 Å². The number of benzene rings is 10. The van der Waals surface area contributed by atoms with Crippen molar-refractivity contribution in [1.82, 2.24) is 0 Å². The van der Waals surface area contributed by atoms with Gasteiger partial charge in [-0.15, -0.1) is 0 Å². The third-order valence-electron chi connectivity index (χ3n) is 11.2. The van der Waals surface area contributed by atoms with Crippen molar-refractivity contribution in [3.05, 3.63) is 218 Å². The molecule has 0 N–H and O–H groups in total. The van der Waals surface area contributed by atoms with Crippen molar-refractivity contribution >= 4 is 66.4 Å². The lowest BCUT2D eigenvalue weighted by atomic mass is 9.85. The summed E-state index contributed by atoms with van der Waals surface area (Å²) in [6.45, 7) is 0. The molecule has 0 atom stereocenters. The van der Waals surface area contributed by atoms with Crippen molar-refractivity contribution in [3.8, 4) is 33.8 Å². The first kappa shape index (κ1) is 32.8. The minimum atomic E-state index is 0.847. The van der Waals surface area contributed by atoms with Gasteiger partial charge in [-0.1, -0.05) is 152 Å². The van der Waals surface area contributed by atoms with E-state index < -0.39 is 0 Å². The average Bonchev–Trinajstić information content (AvgIpc) is 3.28. The Morgan fingerprint density at radius 3 is 1.28 bits per heavy atom. The molecule has 57 heavy (non-hydrogen) atoms. The topological polar surface area (TPSA) is 15.7 Å². The van der Waals surface area contributed by atoms with Crippen LogP contribution in [0.15, 0.2) is 218 Å². The first-order valence-electron chi connectivity index (χ1n) is 19.4. The predicted molar refractivity (Wildman–Crippen MR) is 239 cm³/mol. The third-order valence-corrected chi connectivity index (χ3v) is 11.2. The van der Waals surface area contributed by atoms with Gasteiger partial charge in [0.05, 0.1) is 11.4 Å². The van der Waals surface area contributed by atoms with Gasteiger partial charge in [-0.25, -0.2) is 0 Å². The number of hydrogen-bond acceptors (Lipinski definition) is 3. The van der Waals surface area contributed by atoms with Crippen molar-refractivity contribution < 1.29 is 4.74 Å². The van der Waals surface area contributed by atoms with Crippen LogP contribution in [0.25, 0.3) is 54.6 Å². The maximum atomic E-state index is 7.07. The van der Waals surface area contributed by atoms with Crippen molar-refractivity contribution in [1.29, 1.82) is 0 Å². The standard InChI is InChI=1S/C54H36N2O/c1-5-19-37(20-6-1)55(38-21-7-2-8-22-38)49-34-18-33-48-44-32-17-31-41-45(35-36-50(52(41)44)57-54(48)49)51-42-27-13-15-29-46(42)53(47-30-16-14-28-43(47)51)56(39-23-9-3-10-24-39)40-25-11-4-12-26-40/h1-36H. The first-order chi connectivity index (χ1) is 28.3. The van der Waals surface area contributed by atoms with Gasteiger partial charge in [0.1, 0.15) is 5.75 Å². The number of hydrogen-bond donors (Lipinski definition) is 0. The molecule has 0 amide bonds. The molecule has 0 unspecified atom stereocenters. The Bertz CT molecular complexity index is 2950. The van der Waals surface area contributed by atoms with E-state index in [1.54, 1.807) is 0 Å². The molecule has 0 saturated heterocycles. The van der Waals surface area contributed by atoms with E-state index in [1.807, 2.05) is 0 Å². The normalized spacial score (nSPS) is 11.6. The van der Waals surface area contributed by atoms with Crippen molar-refractivity contribution in [3.63, 3.8) is 0 Å². The molecule has 3 heteroatoms. The molecular formula is C54H36N2O. The summed E-state index contributed by atoms with van der Waals surface area (Å²) in [5.41, 5.74) is 11.2. The Balaban J connectivity index is 1.15. The lowest BCUT2D eigenvalue weighted by molar-refractivity contribution is 0.488. The van der Waals surface area contributed by atoms with Crippen molar-refractivity contribution in [2.75, 3.05) is 9.80 Å². The summed E-state index contributed by atoms with van der Waals surface area (Å²) in [6.07, 6.45) is 0. The molecule has 0 aromatic heterocycles. The summed E-state index contributed by atoms with van der Waals surface area (Å²) in [5.74, 6) is 1.70. The molecule has 1 aliphatic heterocycles. The Kier molecular flexibility index (Phi) is 7.82. The number of nitrogens with zero attached hydrogens (tertiary/aromatic N) is 2. The molecule has 0 aliphatic carbocycles. The van der Waals surface area contributed by atoms with Gasteiger partial charge in [-0.05, 0) is 99.6 Å². The lowest BCUT2D eigenvalue weighted by Crippen LogP contribution is -2.12. The van der Waals surface area contributed by atoms with Crippen LogP contribution < -0.4 is 14.5 Å². The van der Waals surface area contributed by atoms with Gasteiger partial charge in [-0.3, -0.25) is 0 Å². The van der Waals surface area contributed by atoms with Crippen LogP contribution in [-0.4, -0.2) is 0 Å². The monoisotopic (exact) mass is 728 g/mol. The number of ether oxygens (including phenoxy) is 1. The van der Waals surface area contributed by atoms with Crippen LogP contribution in [0.4, 0.5) is 34.1 Å². The fraction of sp³-hybridized carbons (Fsp3) is 0. The largest absolute Gasteiger partial charge is 0.454 e. The van der Waals surface area contributed by atoms with E-state index in [2.05, 4.69) is 228 Å². The fourth-order valence-electron chi connectivity index (χ4n) is 8.81. The minimum Gasteiger partial charge on any atom is -0.454 e. The number of fused-ring (bicyclic) bond motifs is 4. The van der Waals surface area contributed by atoms with Gasteiger partial charge in [-0.2, -0.15) is 0 Å². The molecule has 0 bridgehead atoms. The first-order valence-corrected chi connectivity index (χ1v) is 19.4. The molecule has 0 saturated carbocycles. The predicted octanol–water partition coefficient (Wildman–Crippen LogP) is 15.5. The van der Waals surface area contributed by atoms with E-state index in [4.69, 9.17) is 4.74 Å². The molecule has 10 aromatic rings. The molecule has 0 spiro atoms. The summed E-state index contributed by atoms with van der Waals surface area (Å²) >= 11 is 0. The molecule has 11 rings (SSSR count). The highest BCUT2D eigenvalue weighted by molar-refractivity contribution is 6.25. The van der Waals surface area contributed by atoms with Crippen LogP contribution in [0, 0.1) is 0 Å². The second-order valence-corrected chi connectivity index (χ2v) is 14.4. The van der Waals surface area contributed by atoms with Gasteiger partial charge < -0.3 is 14.5 Å². The summed E-state index contributed by atoms with van der Waals surface area (Å²) < 4.78 is 7.07. The lowest BCUT2D eigenvalue weighted by Gasteiger charge is -2.31. The van der Waals surface area contributed by atoms with E-state index in [-0.39, 0.29) is 0 Å². The average molecular weight is 729 g/mol. The van der Waals surface area contributed by atoms with Gasteiger partial charge in [0, 0.05) is 44.5 Å². The fourth-order valence-corrected chi connectivity index (χ4v) is 8.81. The minimum absolute atomic E-state index is 0.847. The van der Waals surface area contributed by atoms with Gasteiger partial charge in [0.2, 0.25) is 0 Å². The maximum absolute atomic E-state index is 7.07. The van der Waals surface area contributed by atoms with Crippen molar-refractivity contribution in [2.24, 2.45) is 0 Å². The Labute approximate surface area is 331 Å². The van der Waals surface area contributed by atoms with Crippen LogP contribution in [0.2, 0.25) is 0 Å². The molecule has 3 nitrogen and oxygen atoms in total. The SMILES string of the molecule is c1ccc(N(c2ccccc2)c2cccc3c2Oc2ccc(-c4c5ccccc5c(N(c5ccccc5)c5ccccc5)c5ccccc45)c4cccc-3c24)cc1. The number of rotatable bonds is 7.